The second-order valence-corrected chi connectivity index (χ2v) is 8.43. The number of para-hydroxylation sites is 1. The highest BCUT2D eigenvalue weighted by Gasteiger charge is 2.20. The molecule has 150 valence electrons. The summed E-state index contributed by atoms with van der Waals surface area (Å²) in [4.78, 5) is 18.1. The summed E-state index contributed by atoms with van der Waals surface area (Å²) >= 11 is 24.6. The van der Waals surface area contributed by atoms with Crippen molar-refractivity contribution in [1.29, 1.82) is 0 Å². The van der Waals surface area contributed by atoms with E-state index in [4.69, 9.17) is 51.4 Å². The molecule has 0 fully saturated rings. The van der Waals surface area contributed by atoms with Gasteiger partial charge in [-0.05, 0) is 55.0 Å². The summed E-state index contributed by atoms with van der Waals surface area (Å²) in [6, 6.07) is 17.5. The lowest BCUT2D eigenvalue weighted by Gasteiger charge is -2.16. The van der Waals surface area contributed by atoms with Gasteiger partial charge in [-0.2, -0.15) is 0 Å². The van der Waals surface area contributed by atoms with Crippen LogP contribution in [0.25, 0.3) is 22.2 Å². The van der Waals surface area contributed by atoms with Crippen molar-refractivity contribution in [3.63, 3.8) is 0 Å². The third-order valence-electron chi connectivity index (χ3n) is 4.67. The van der Waals surface area contributed by atoms with E-state index in [-0.39, 0.29) is 5.91 Å². The van der Waals surface area contributed by atoms with Crippen LogP contribution in [0.15, 0.2) is 60.7 Å². The number of anilines is 1. The minimum Gasteiger partial charge on any atom is -0.322 e. The van der Waals surface area contributed by atoms with E-state index in [2.05, 4.69) is 5.32 Å². The number of nitrogens with one attached hydrogen (secondary N) is 1. The predicted molar refractivity (Wildman–Crippen MR) is 126 cm³/mol. The lowest BCUT2D eigenvalue weighted by molar-refractivity contribution is 0.102. The van der Waals surface area contributed by atoms with E-state index in [0.717, 1.165) is 5.39 Å². The minimum atomic E-state index is -0.296. The SMILES string of the molecule is Cc1c(-c2ccc(Cl)cc2Cl)nc2ccccc2c1C(=O)Nc1cc(Cl)cc(Cl)c1. The Bertz CT molecular complexity index is 1280. The van der Waals surface area contributed by atoms with Crippen molar-refractivity contribution in [3.05, 3.63) is 91.9 Å². The zero-order valence-electron chi connectivity index (χ0n) is 15.6. The molecule has 0 unspecified atom stereocenters. The van der Waals surface area contributed by atoms with Crippen molar-refractivity contribution >= 4 is 68.9 Å². The lowest BCUT2D eigenvalue weighted by atomic mass is 9.97. The summed E-state index contributed by atoms with van der Waals surface area (Å²) in [5.74, 6) is -0.296. The Morgan fingerprint density at radius 2 is 1.57 bits per heavy atom. The number of hydrogen-bond donors (Lipinski definition) is 1. The molecule has 0 saturated heterocycles. The van der Waals surface area contributed by atoms with Crippen molar-refractivity contribution in [2.24, 2.45) is 0 Å². The van der Waals surface area contributed by atoms with Gasteiger partial charge in [0.25, 0.3) is 5.91 Å². The molecule has 1 heterocycles. The maximum Gasteiger partial charge on any atom is 0.256 e. The summed E-state index contributed by atoms with van der Waals surface area (Å²) in [5, 5.41) is 5.47. The van der Waals surface area contributed by atoms with Crippen LogP contribution in [-0.2, 0) is 0 Å². The van der Waals surface area contributed by atoms with Crippen molar-refractivity contribution in [3.8, 4) is 11.3 Å². The molecule has 0 saturated carbocycles. The van der Waals surface area contributed by atoms with E-state index in [9.17, 15) is 4.79 Å². The Hall–Kier alpha value is -2.30. The third kappa shape index (κ3) is 4.12. The lowest BCUT2D eigenvalue weighted by Crippen LogP contribution is -2.15. The molecule has 1 amide bonds. The largest absolute Gasteiger partial charge is 0.322 e. The van der Waals surface area contributed by atoms with Gasteiger partial charge in [0.15, 0.2) is 0 Å². The van der Waals surface area contributed by atoms with Gasteiger partial charge < -0.3 is 5.32 Å². The molecular weight excluding hydrogens is 462 g/mol. The van der Waals surface area contributed by atoms with Crippen molar-refractivity contribution < 1.29 is 4.79 Å². The van der Waals surface area contributed by atoms with E-state index < -0.39 is 0 Å². The monoisotopic (exact) mass is 474 g/mol. The quantitative estimate of drug-likeness (QED) is 0.325. The summed E-state index contributed by atoms with van der Waals surface area (Å²) in [6.45, 7) is 1.85. The van der Waals surface area contributed by atoms with Crippen molar-refractivity contribution in [1.82, 2.24) is 4.98 Å². The molecular formula is C23H14Cl4N2O. The summed E-state index contributed by atoms with van der Waals surface area (Å²) in [7, 11) is 0. The van der Waals surface area contributed by atoms with Gasteiger partial charge in [-0.3, -0.25) is 4.79 Å². The number of pyridine rings is 1. The molecule has 1 aromatic heterocycles. The van der Waals surface area contributed by atoms with Gasteiger partial charge >= 0.3 is 0 Å². The number of amides is 1. The first-order valence-corrected chi connectivity index (χ1v) is 10.5. The molecule has 4 rings (SSSR count). The first-order valence-electron chi connectivity index (χ1n) is 8.95. The zero-order valence-corrected chi connectivity index (χ0v) is 18.7. The number of aromatic nitrogens is 1. The first-order chi connectivity index (χ1) is 14.3. The van der Waals surface area contributed by atoms with Crippen LogP contribution in [0, 0.1) is 6.92 Å². The molecule has 0 aliphatic rings. The fourth-order valence-corrected chi connectivity index (χ4v) is 4.39. The summed E-state index contributed by atoms with van der Waals surface area (Å²) < 4.78 is 0. The van der Waals surface area contributed by atoms with Crippen LogP contribution in [-0.4, -0.2) is 10.9 Å². The fourth-order valence-electron chi connectivity index (χ4n) is 3.36. The van der Waals surface area contributed by atoms with Crippen LogP contribution in [0.5, 0.6) is 0 Å². The van der Waals surface area contributed by atoms with Crippen molar-refractivity contribution in [2.45, 2.75) is 6.92 Å². The molecule has 3 aromatic carbocycles. The molecule has 30 heavy (non-hydrogen) atoms. The van der Waals surface area contributed by atoms with Gasteiger partial charge in [0.1, 0.15) is 0 Å². The van der Waals surface area contributed by atoms with Crippen LogP contribution in [0.4, 0.5) is 5.69 Å². The highest BCUT2D eigenvalue weighted by molar-refractivity contribution is 6.36. The molecule has 0 aliphatic carbocycles. The summed E-state index contributed by atoms with van der Waals surface area (Å²) in [5.41, 5.74) is 3.69. The maximum absolute atomic E-state index is 13.3. The molecule has 4 aromatic rings. The topological polar surface area (TPSA) is 42.0 Å². The highest BCUT2D eigenvalue weighted by atomic mass is 35.5. The molecule has 0 radical (unpaired) electrons. The van der Waals surface area contributed by atoms with E-state index >= 15 is 0 Å². The van der Waals surface area contributed by atoms with E-state index in [1.165, 1.54) is 0 Å². The van der Waals surface area contributed by atoms with Gasteiger partial charge in [-0.15, -0.1) is 0 Å². The number of carbonyl (C=O) groups excluding carboxylic acids is 1. The molecule has 0 aliphatic heterocycles. The van der Waals surface area contributed by atoms with Crippen molar-refractivity contribution in [2.75, 3.05) is 5.32 Å². The Balaban J connectivity index is 1.90. The molecule has 7 heteroatoms. The number of benzene rings is 3. The minimum absolute atomic E-state index is 0.296. The number of nitrogens with zero attached hydrogens (tertiary/aromatic N) is 1. The van der Waals surface area contributed by atoms with Gasteiger partial charge in [0, 0.05) is 31.7 Å². The van der Waals surface area contributed by atoms with Crippen LogP contribution >= 0.6 is 46.4 Å². The first kappa shape index (κ1) is 21.0. The number of hydrogen-bond acceptors (Lipinski definition) is 2. The third-order valence-corrected chi connectivity index (χ3v) is 5.65. The van der Waals surface area contributed by atoms with E-state index in [1.807, 2.05) is 31.2 Å². The van der Waals surface area contributed by atoms with Gasteiger partial charge in [0.05, 0.1) is 21.8 Å². The molecule has 0 spiro atoms. The number of halogens is 4. The van der Waals surface area contributed by atoms with E-state index in [0.29, 0.717) is 53.7 Å². The smallest absolute Gasteiger partial charge is 0.256 e. The zero-order chi connectivity index (χ0) is 21.4. The number of carbonyl (C=O) groups is 1. The fraction of sp³-hybridized carbons (Fsp3) is 0.0435. The average molecular weight is 476 g/mol. The van der Waals surface area contributed by atoms with Crippen LogP contribution < -0.4 is 5.32 Å². The van der Waals surface area contributed by atoms with Crippen LogP contribution in [0.3, 0.4) is 0 Å². The average Bonchev–Trinajstić information content (AvgIpc) is 2.67. The van der Waals surface area contributed by atoms with Gasteiger partial charge in [-0.1, -0.05) is 64.6 Å². The Morgan fingerprint density at radius 3 is 2.27 bits per heavy atom. The molecule has 3 nitrogen and oxygen atoms in total. The second kappa shape index (κ2) is 8.44. The normalized spacial score (nSPS) is 11.0. The Morgan fingerprint density at radius 1 is 0.867 bits per heavy atom. The molecule has 0 atom stereocenters. The standard InChI is InChI=1S/C23H14Cl4N2O/c1-12-21(23(30)28-16-9-14(25)8-15(26)10-16)18-4-2-3-5-20(18)29-22(12)17-7-6-13(24)11-19(17)27/h2-11H,1H3,(H,28,30). The van der Waals surface area contributed by atoms with Gasteiger partial charge in [0.2, 0.25) is 0 Å². The molecule has 1 N–H and O–H groups in total. The van der Waals surface area contributed by atoms with E-state index in [1.54, 1.807) is 36.4 Å². The number of rotatable bonds is 3. The Labute approximate surface area is 193 Å². The predicted octanol–water partition coefficient (Wildman–Crippen LogP) is 8.08. The van der Waals surface area contributed by atoms with Crippen LogP contribution in [0.1, 0.15) is 15.9 Å². The summed E-state index contributed by atoms with van der Waals surface area (Å²) in [6.07, 6.45) is 0. The second-order valence-electron chi connectivity index (χ2n) is 6.71. The number of fused-ring (bicyclic) bond motifs is 1. The van der Waals surface area contributed by atoms with Crippen LogP contribution in [0.2, 0.25) is 20.1 Å². The maximum atomic E-state index is 13.3. The highest BCUT2D eigenvalue weighted by Crippen LogP contribution is 2.35. The molecule has 0 bridgehead atoms. The Kier molecular flexibility index (Phi) is 5.90. The van der Waals surface area contributed by atoms with Gasteiger partial charge in [-0.25, -0.2) is 4.98 Å².